The summed E-state index contributed by atoms with van der Waals surface area (Å²) in [6, 6.07) is 7.56. The highest BCUT2D eigenvalue weighted by Gasteiger charge is 2.17. The number of nitro groups is 1. The second-order valence-corrected chi connectivity index (χ2v) is 3.47. The van der Waals surface area contributed by atoms with Crippen LogP contribution in [0.1, 0.15) is 5.56 Å². The maximum absolute atomic E-state index is 13.1. The third-order valence-electron chi connectivity index (χ3n) is 2.20. The van der Waals surface area contributed by atoms with E-state index in [0.29, 0.717) is 5.56 Å². The van der Waals surface area contributed by atoms with Crippen LogP contribution in [-0.4, -0.2) is 9.91 Å². The average molecular weight is 259 g/mol. The molecule has 0 N–H and O–H groups in total. The zero-order chi connectivity index (χ0) is 13.8. The molecule has 0 bridgehead atoms. The zero-order valence-corrected chi connectivity index (χ0v) is 9.41. The number of hydrogen-bond acceptors (Lipinski definition) is 5. The number of rotatable bonds is 3. The van der Waals surface area contributed by atoms with Gasteiger partial charge in [-0.2, -0.15) is 5.26 Å². The topological polar surface area (TPSA) is 89.0 Å². The van der Waals surface area contributed by atoms with Crippen molar-refractivity contribution in [2.45, 2.75) is 0 Å². The van der Waals surface area contributed by atoms with Crippen molar-refractivity contribution < 1.29 is 14.1 Å². The molecule has 1 aromatic carbocycles. The number of halogens is 1. The first-order chi connectivity index (χ1) is 9.10. The van der Waals surface area contributed by atoms with E-state index in [9.17, 15) is 14.5 Å². The van der Waals surface area contributed by atoms with Crippen LogP contribution in [0.5, 0.6) is 11.6 Å². The average Bonchev–Trinajstić information content (AvgIpc) is 2.39. The van der Waals surface area contributed by atoms with E-state index in [4.69, 9.17) is 10.00 Å². The van der Waals surface area contributed by atoms with Crippen molar-refractivity contribution in [2.24, 2.45) is 0 Å². The first-order valence-electron chi connectivity index (χ1n) is 5.08. The molecule has 0 aliphatic heterocycles. The van der Waals surface area contributed by atoms with Crippen LogP contribution in [0.2, 0.25) is 0 Å². The molecule has 0 fully saturated rings. The van der Waals surface area contributed by atoms with Crippen LogP contribution in [0.15, 0.2) is 36.5 Å². The van der Waals surface area contributed by atoms with Crippen LogP contribution in [0.25, 0.3) is 0 Å². The summed E-state index contributed by atoms with van der Waals surface area (Å²) in [5.41, 5.74) is -0.0475. The fourth-order valence-corrected chi connectivity index (χ4v) is 1.34. The highest BCUT2D eigenvalue weighted by atomic mass is 19.1. The van der Waals surface area contributed by atoms with Gasteiger partial charge in [-0.3, -0.25) is 10.1 Å². The normalized spacial score (nSPS) is 9.68. The van der Waals surface area contributed by atoms with Crippen molar-refractivity contribution >= 4 is 5.69 Å². The number of ether oxygens (including phenoxy) is 1. The lowest BCUT2D eigenvalue weighted by molar-refractivity contribution is -0.385. The molecule has 19 heavy (non-hydrogen) atoms. The molecule has 0 spiro atoms. The van der Waals surface area contributed by atoms with Crippen LogP contribution < -0.4 is 4.74 Å². The van der Waals surface area contributed by atoms with Gasteiger partial charge in [0, 0.05) is 24.4 Å². The summed E-state index contributed by atoms with van der Waals surface area (Å²) in [7, 11) is 0. The molecule has 0 saturated carbocycles. The van der Waals surface area contributed by atoms with Crippen molar-refractivity contribution in [3.63, 3.8) is 0 Å². The number of aromatic nitrogens is 1. The standard InChI is InChI=1S/C12H6FN3O3/c13-9-2-3-10(16(17)18)11(5-9)19-12-4-1-8(6-14)7-15-12/h1-5,7H. The Morgan fingerprint density at radius 3 is 2.74 bits per heavy atom. The monoisotopic (exact) mass is 259 g/mol. The second-order valence-electron chi connectivity index (χ2n) is 3.47. The minimum Gasteiger partial charge on any atom is -0.432 e. The summed E-state index contributed by atoms with van der Waals surface area (Å²) in [5.74, 6) is -0.871. The van der Waals surface area contributed by atoms with Crippen molar-refractivity contribution in [1.82, 2.24) is 4.98 Å². The lowest BCUT2D eigenvalue weighted by Crippen LogP contribution is -1.95. The Kier molecular flexibility index (Phi) is 3.34. The van der Waals surface area contributed by atoms with Crippen LogP contribution in [0, 0.1) is 27.3 Å². The Balaban J connectivity index is 2.34. The molecule has 94 valence electrons. The van der Waals surface area contributed by atoms with Gasteiger partial charge in [0.1, 0.15) is 11.9 Å². The van der Waals surface area contributed by atoms with Crippen molar-refractivity contribution in [2.75, 3.05) is 0 Å². The van der Waals surface area contributed by atoms with Crippen LogP contribution in [-0.2, 0) is 0 Å². The van der Waals surface area contributed by atoms with E-state index in [1.807, 2.05) is 6.07 Å². The molecule has 0 radical (unpaired) electrons. The van der Waals surface area contributed by atoms with Crippen molar-refractivity contribution in [3.05, 3.63) is 58.0 Å². The minimum absolute atomic E-state index is 0.0349. The highest BCUT2D eigenvalue weighted by Crippen LogP contribution is 2.30. The van der Waals surface area contributed by atoms with E-state index in [1.54, 1.807) is 0 Å². The number of nitro benzene ring substituents is 1. The first-order valence-corrected chi connectivity index (χ1v) is 5.08. The van der Waals surface area contributed by atoms with Gasteiger partial charge in [0.2, 0.25) is 11.6 Å². The molecule has 0 aliphatic rings. The van der Waals surface area contributed by atoms with Gasteiger partial charge in [0.25, 0.3) is 0 Å². The lowest BCUT2D eigenvalue weighted by atomic mass is 10.3. The molecule has 2 rings (SSSR count). The Morgan fingerprint density at radius 2 is 2.16 bits per heavy atom. The molecule has 1 aromatic heterocycles. The molecule has 1 heterocycles. The quantitative estimate of drug-likeness (QED) is 0.624. The van der Waals surface area contributed by atoms with Crippen LogP contribution in [0.3, 0.4) is 0 Å². The molecular weight excluding hydrogens is 253 g/mol. The van der Waals surface area contributed by atoms with E-state index in [1.165, 1.54) is 18.3 Å². The fourth-order valence-electron chi connectivity index (χ4n) is 1.34. The molecule has 0 saturated heterocycles. The predicted octanol–water partition coefficient (Wildman–Crippen LogP) is 2.79. The van der Waals surface area contributed by atoms with E-state index >= 15 is 0 Å². The van der Waals surface area contributed by atoms with E-state index in [0.717, 1.165) is 18.2 Å². The van der Waals surface area contributed by atoms with Gasteiger partial charge in [-0.05, 0) is 12.1 Å². The molecular formula is C12H6FN3O3. The summed E-state index contributed by atoms with van der Waals surface area (Å²) >= 11 is 0. The maximum atomic E-state index is 13.1. The Hall–Kier alpha value is -3.01. The highest BCUT2D eigenvalue weighted by molar-refractivity contribution is 5.48. The maximum Gasteiger partial charge on any atom is 0.311 e. The van der Waals surface area contributed by atoms with Gasteiger partial charge in [0.15, 0.2) is 0 Å². The Morgan fingerprint density at radius 1 is 1.37 bits per heavy atom. The summed E-state index contributed by atoms with van der Waals surface area (Å²) < 4.78 is 18.2. The predicted molar refractivity (Wildman–Crippen MR) is 62.1 cm³/mol. The van der Waals surface area contributed by atoms with Gasteiger partial charge >= 0.3 is 5.69 Å². The summed E-state index contributed by atoms with van der Waals surface area (Å²) in [4.78, 5) is 13.9. The van der Waals surface area contributed by atoms with Crippen LogP contribution in [0.4, 0.5) is 10.1 Å². The number of nitriles is 1. The smallest absolute Gasteiger partial charge is 0.311 e. The molecule has 6 nitrogen and oxygen atoms in total. The largest absolute Gasteiger partial charge is 0.432 e. The summed E-state index contributed by atoms with van der Waals surface area (Å²) in [5, 5.41) is 19.4. The van der Waals surface area contributed by atoms with Gasteiger partial charge in [-0.25, -0.2) is 9.37 Å². The van der Waals surface area contributed by atoms with Crippen molar-refractivity contribution in [1.29, 1.82) is 5.26 Å². The van der Waals surface area contributed by atoms with Crippen LogP contribution >= 0.6 is 0 Å². The van der Waals surface area contributed by atoms with E-state index in [-0.39, 0.29) is 17.3 Å². The Bertz CT molecular complexity index is 665. The number of hydrogen-bond donors (Lipinski definition) is 0. The van der Waals surface area contributed by atoms with Gasteiger partial charge in [-0.15, -0.1) is 0 Å². The first kappa shape index (κ1) is 12.4. The SMILES string of the molecule is N#Cc1ccc(Oc2cc(F)ccc2[N+](=O)[O-])nc1. The third kappa shape index (κ3) is 2.81. The second kappa shape index (κ2) is 5.10. The van der Waals surface area contributed by atoms with E-state index < -0.39 is 10.7 Å². The number of pyridine rings is 1. The molecule has 0 unspecified atom stereocenters. The van der Waals surface area contributed by atoms with E-state index in [2.05, 4.69) is 4.98 Å². The molecule has 0 atom stereocenters. The van der Waals surface area contributed by atoms with Gasteiger partial charge in [0.05, 0.1) is 10.5 Å². The molecule has 0 amide bonds. The molecule has 7 heteroatoms. The summed E-state index contributed by atoms with van der Waals surface area (Å²) in [6.07, 6.45) is 1.25. The minimum atomic E-state index is -0.682. The Labute approximate surface area is 106 Å². The zero-order valence-electron chi connectivity index (χ0n) is 9.41. The third-order valence-corrected chi connectivity index (χ3v) is 2.20. The summed E-state index contributed by atoms with van der Waals surface area (Å²) in [6.45, 7) is 0. The van der Waals surface area contributed by atoms with Gasteiger partial charge in [-0.1, -0.05) is 0 Å². The molecule has 2 aromatic rings. The number of benzene rings is 1. The van der Waals surface area contributed by atoms with Crippen molar-refractivity contribution in [3.8, 4) is 17.7 Å². The van der Waals surface area contributed by atoms with Gasteiger partial charge < -0.3 is 4.74 Å². The fraction of sp³-hybridized carbons (Fsp3) is 0. The lowest BCUT2D eigenvalue weighted by Gasteiger charge is -2.05. The number of nitrogens with zero attached hydrogens (tertiary/aromatic N) is 3. The molecule has 0 aliphatic carbocycles.